The Morgan fingerprint density at radius 2 is 1.60 bits per heavy atom. The van der Waals surface area contributed by atoms with E-state index in [4.69, 9.17) is 0 Å². The number of nitrogens with zero attached hydrogens (tertiary/aromatic N) is 2. The first-order valence-electron chi connectivity index (χ1n) is 8.27. The maximum atomic E-state index is 13.6. The minimum absolute atomic E-state index is 0.0639. The van der Waals surface area contributed by atoms with Crippen molar-refractivity contribution in [3.05, 3.63) is 71.4 Å². The first kappa shape index (κ1) is 15.9. The van der Waals surface area contributed by atoms with Crippen LogP contribution in [0.5, 0.6) is 0 Å². The van der Waals surface area contributed by atoms with E-state index in [1.807, 2.05) is 61.5 Å². The molecule has 0 saturated heterocycles. The molecule has 5 heteroatoms. The van der Waals surface area contributed by atoms with Gasteiger partial charge in [-0.2, -0.15) is 18.3 Å². The molecule has 0 amide bonds. The number of hydrogen-bond donors (Lipinski definition) is 0. The Kier molecular flexibility index (Phi) is 3.67. The predicted octanol–water partition coefficient (Wildman–Crippen LogP) is 5.74. The largest absolute Gasteiger partial charge is 0.435 e. The van der Waals surface area contributed by atoms with Gasteiger partial charge in [0.2, 0.25) is 0 Å². The summed E-state index contributed by atoms with van der Waals surface area (Å²) in [4.78, 5) is 0. The highest BCUT2D eigenvalue weighted by molar-refractivity contribution is 5.69. The normalized spacial score (nSPS) is 14.7. The third kappa shape index (κ3) is 2.95. The highest BCUT2D eigenvalue weighted by Gasteiger charge is 2.44. The van der Waals surface area contributed by atoms with Crippen molar-refractivity contribution in [2.24, 2.45) is 0 Å². The fourth-order valence-electron chi connectivity index (χ4n) is 3.14. The first-order chi connectivity index (χ1) is 11.9. The highest BCUT2D eigenvalue weighted by Crippen LogP contribution is 2.50. The summed E-state index contributed by atoms with van der Waals surface area (Å²) in [5.41, 5.74) is 2.58. The summed E-state index contributed by atoms with van der Waals surface area (Å²) >= 11 is 0. The van der Waals surface area contributed by atoms with Gasteiger partial charge in [-0.3, -0.25) is 0 Å². The zero-order valence-electron chi connectivity index (χ0n) is 13.7. The molecule has 1 fully saturated rings. The van der Waals surface area contributed by atoms with Crippen LogP contribution in [-0.4, -0.2) is 9.78 Å². The van der Waals surface area contributed by atoms with Crippen LogP contribution in [0, 0.1) is 6.92 Å². The van der Waals surface area contributed by atoms with E-state index < -0.39 is 11.9 Å². The lowest BCUT2D eigenvalue weighted by molar-refractivity contribution is -0.142. The van der Waals surface area contributed by atoms with E-state index in [0.717, 1.165) is 24.0 Å². The lowest BCUT2D eigenvalue weighted by atomic mass is 10.0. The molecule has 128 valence electrons. The minimum atomic E-state index is -4.46. The third-order valence-electron chi connectivity index (χ3n) is 4.50. The van der Waals surface area contributed by atoms with Crippen molar-refractivity contribution in [3.8, 4) is 16.9 Å². The molecule has 0 atom stereocenters. The molecule has 1 aliphatic rings. The average Bonchev–Trinajstić information content (AvgIpc) is 3.34. The van der Waals surface area contributed by atoms with E-state index in [1.54, 1.807) is 0 Å². The van der Waals surface area contributed by atoms with E-state index in [0.29, 0.717) is 16.9 Å². The van der Waals surface area contributed by atoms with Crippen LogP contribution in [0.4, 0.5) is 13.2 Å². The van der Waals surface area contributed by atoms with Gasteiger partial charge in [-0.1, -0.05) is 48.0 Å². The molecular weight excluding hydrogens is 325 g/mol. The summed E-state index contributed by atoms with van der Waals surface area (Å²) in [6.07, 6.45) is -2.90. The quantitative estimate of drug-likeness (QED) is 0.593. The zero-order chi connectivity index (χ0) is 17.6. The topological polar surface area (TPSA) is 17.8 Å². The standard InChI is InChI=1S/C20H17F3N2/c1-13-7-11-16(12-8-13)25-18(15-5-3-2-4-6-15)17(14-9-10-14)19(24-25)20(21,22)23/h2-8,11-12,14H,9-10H2,1H3. The lowest BCUT2D eigenvalue weighted by Crippen LogP contribution is -2.09. The Bertz CT molecular complexity index is 889. The Labute approximate surface area is 143 Å². The molecule has 0 aliphatic heterocycles. The van der Waals surface area contributed by atoms with Gasteiger partial charge >= 0.3 is 6.18 Å². The van der Waals surface area contributed by atoms with Gasteiger partial charge in [0, 0.05) is 11.1 Å². The van der Waals surface area contributed by atoms with Crippen LogP contribution in [0.15, 0.2) is 54.6 Å². The van der Waals surface area contributed by atoms with Crippen molar-refractivity contribution >= 4 is 0 Å². The van der Waals surface area contributed by atoms with E-state index in [9.17, 15) is 13.2 Å². The van der Waals surface area contributed by atoms with Crippen LogP contribution >= 0.6 is 0 Å². The van der Waals surface area contributed by atoms with Gasteiger partial charge in [-0.05, 0) is 37.8 Å². The molecule has 25 heavy (non-hydrogen) atoms. The third-order valence-corrected chi connectivity index (χ3v) is 4.50. The van der Waals surface area contributed by atoms with E-state index in [-0.39, 0.29) is 5.92 Å². The predicted molar refractivity (Wildman–Crippen MR) is 90.7 cm³/mol. The van der Waals surface area contributed by atoms with Gasteiger partial charge in [-0.25, -0.2) is 4.68 Å². The van der Waals surface area contributed by atoms with Crippen LogP contribution in [-0.2, 0) is 6.18 Å². The van der Waals surface area contributed by atoms with E-state index in [1.165, 1.54) is 4.68 Å². The Morgan fingerprint density at radius 3 is 2.16 bits per heavy atom. The molecule has 0 spiro atoms. The van der Waals surface area contributed by atoms with Gasteiger partial charge in [0.1, 0.15) is 0 Å². The molecule has 2 aromatic carbocycles. The van der Waals surface area contributed by atoms with Crippen molar-refractivity contribution in [2.75, 3.05) is 0 Å². The molecule has 0 bridgehead atoms. The van der Waals surface area contributed by atoms with Crippen molar-refractivity contribution < 1.29 is 13.2 Å². The molecule has 0 unspecified atom stereocenters. The summed E-state index contributed by atoms with van der Waals surface area (Å²) in [5, 5.41) is 4.01. The van der Waals surface area contributed by atoms with Gasteiger partial charge < -0.3 is 0 Å². The van der Waals surface area contributed by atoms with Crippen LogP contribution in [0.2, 0.25) is 0 Å². The maximum Gasteiger partial charge on any atom is 0.435 e. The maximum absolute atomic E-state index is 13.6. The molecule has 1 aromatic heterocycles. The summed E-state index contributed by atoms with van der Waals surface area (Å²) in [7, 11) is 0. The second-order valence-electron chi connectivity index (χ2n) is 6.50. The molecule has 2 nitrogen and oxygen atoms in total. The second kappa shape index (κ2) is 5.76. The fraction of sp³-hybridized carbons (Fsp3) is 0.250. The summed E-state index contributed by atoms with van der Waals surface area (Å²) < 4.78 is 42.4. The van der Waals surface area contributed by atoms with Crippen molar-refractivity contribution in [2.45, 2.75) is 31.9 Å². The zero-order valence-corrected chi connectivity index (χ0v) is 13.7. The summed E-state index contributed by atoms with van der Waals surface area (Å²) in [5.74, 6) is -0.0639. The SMILES string of the molecule is Cc1ccc(-n2nc(C(F)(F)F)c(C3CC3)c2-c2ccccc2)cc1. The molecule has 1 aliphatic carbocycles. The summed E-state index contributed by atoms with van der Waals surface area (Å²) in [6.45, 7) is 1.95. The molecule has 1 saturated carbocycles. The van der Waals surface area contributed by atoms with Crippen LogP contribution in [0.3, 0.4) is 0 Å². The van der Waals surface area contributed by atoms with Gasteiger partial charge in [0.25, 0.3) is 0 Å². The molecule has 0 radical (unpaired) electrons. The average molecular weight is 342 g/mol. The molecule has 3 aromatic rings. The fourth-order valence-corrected chi connectivity index (χ4v) is 3.14. The monoisotopic (exact) mass is 342 g/mol. The van der Waals surface area contributed by atoms with E-state index in [2.05, 4.69) is 5.10 Å². The van der Waals surface area contributed by atoms with Crippen molar-refractivity contribution in [3.63, 3.8) is 0 Å². The number of rotatable bonds is 3. The Balaban J connectivity index is 2.01. The Morgan fingerprint density at radius 1 is 0.960 bits per heavy atom. The smallest absolute Gasteiger partial charge is 0.232 e. The molecule has 4 rings (SSSR count). The summed E-state index contributed by atoms with van der Waals surface area (Å²) in [6, 6.07) is 16.6. The number of benzene rings is 2. The number of halogens is 3. The second-order valence-corrected chi connectivity index (χ2v) is 6.50. The first-order valence-corrected chi connectivity index (χ1v) is 8.27. The molecular formula is C20H17F3N2. The van der Waals surface area contributed by atoms with Crippen molar-refractivity contribution in [1.82, 2.24) is 9.78 Å². The number of aryl methyl sites for hydroxylation is 1. The minimum Gasteiger partial charge on any atom is -0.232 e. The molecule has 1 heterocycles. The highest BCUT2D eigenvalue weighted by atomic mass is 19.4. The number of alkyl halides is 3. The van der Waals surface area contributed by atoms with E-state index >= 15 is 0 Å². The number of hydrogen-bond acceptors (Lipinski definition) is 1. The van der Waals surface area contributed by atoms with Gasteiger partial charge in [0.05, 0.1) is 11.4 Å². The van der Waals surface area contributed by atoms with Crippen molar-refractivity contribution in [1.29, 1.82) is 0 Å². The van der Waals surface area contributed by atoms with Crippen LogP contribution < -0.4 is 0 Å². The van der Waals surface area contributed by atoms with Crippen LogP contribution in [0.1, 0.15) is 35.6 Å². The van der Waals surface area contributed by atoms with Gasteiger partial charge in [0.15, 0.2) is 5.69 Å². The lowest BCUT2D eigenvalue weighted by Gasteiger charge is -2.10. The molecule has 0 N–H and O–H groups in total. The Hall–Kier alpha value is -2.56. The van der Waals surface area contributed by atoms with Gasteiger partial charge in [-0.15, -0.1) is 0 Å². The number of aromatic nitrogens is 2. The van der Waals surface area contributed by atoms with Crippen LogP contribution in [0.25, 0.3) is 16.9 Å².